The van der Waals surface area contributed by atoms with Crippen LogP contribution < -0.4 is 4.52 Å². The predicted octanol–water partition coefficient (Wildman–Crippen LogP) is 3.33. The third kappa shape index (κ3) is 5.66. The summed E-state index contributed by atoms with van der Waals surface area (Å²) in [6, 6.07) is 9.18. The Balaban J connectivity index is 2.06. The molecule has 0 fully saturated rings. The third-order valence-corrected chi connectivity index (χ3v) is 4.80. The molecule has 7 nitrogen and oxygen atoms in total. The zero-order valence-electron chi connectivity index (χ0n) is 14.5. The number of phosphoric acid groups is 1. The van der Waals surface area contributed by atoms with Gasteiger partial charge >= 0.3 is 7.82 Å². The maximum absolute atomic E-state index is 11.0. The molecular formula is C18H23O7P. The van der Waals surface area contributed by atoms with E-state index < -0.39 is 7.82 Å². The number of phenolic OH excluding ortho intramolecular Hbond substituents is 3. The second-order valence-electron chi connectivity index (χ2n) is 6.57. The molecule has 26 heavy (non-hydrogen) atoms. The van der Waals surface area contributed by atoms with Crippen LogP contribution >= 0.6 is 7.82 Å². The molecule has 0 aliphatic carbocycles. The molecule has 0 saturated carbocycles. The van der Waals surface area contributed by atoms with Crippen LogP contribution in [0.2, 0.25) is 0 Å². The summed E-state index contributed by atoms with van der Waals surface area (Å²) in [7, 11) is -4.75. The van der Waals surface area contributed by atoms with Gasteiger partial charge in [-0.1, -0.05) is 26.0 Å². The smallest absolute Gasteiger partial charge is 0.504 e. The molecule has 2 aromatic carbocycles. The van der Waals surface area contributed by atoms with E-state index in [1.807, 2.05) is 6.92 Å². The van der Waals surface area contributed by atoms with Crippen LogP contribution in [0.3, 0.4) is 0 Å². The monoisotopic (exact) mass is 382 g/mol. The summed E-state index contributed by atoms with van der Waals surface area (Å²) >= 11 is 0. The van der Waals surface area contributed by atoms with Gasteiger partial charge in [-0.3, -0.25) is 9.79 Å². The van der Waals surface area contributed by atoms with E-state index in [9.17, 15) is 19.9 Å². The van der Waals surface area contributed by atoms with Crippen molar-refractivity contribution in [2.45, 2.75) is 26.7 Å². The number of aromatic hydroxyl groups is 3. The lowest BCUT2D eigenvalue weighted by Crippen LogP contribution is -2.13. The summed E-state index contributed by atoms with van der Waals surface area (Å²) in [5.74, 6) is -0.454. The van der Waals surface area contributed by atoms with Crippen LogP contribution in [-0.2, 0) is 17.4 Å². The van der Waals surface area contributed by atoms with E-state index in [0.29, 0.717) is 12.8 Å². The molecule has 2 aromatic rings. The van der Waals surface area contributed by atoms with Gasteiger partial charge in [-0.15, -0.1) is 0 Å². The van der Waals surface area contributed by atoms with E-state index in [4.69, 9.17) is 9.79 Å². The maximum atomic E-state index is 11.0. The Morgan fingerprint density at radius 1 is 0.846 bits per heavy atom. The third-order valence-electron chi connectivity index (χ3n) is 4.37. The normalized spacial score (nSPS) is 14.0. The summed E-state index contributed by atoms with van der Waals surface area (Å²) in [4.78, 5) is 17.8. The standard InChI is InChI=1S/C18H23O7P/c1-11(7-13-3-5-15(19)17(21)9-13)12(2)8-14-4-6-16(20)18(10-14)25-26(22,23)24/h3-6,9-12,19-21H,7-8H2,1-2H3,(H2,22,23,24)/t11-,12+/m0/s1. The largest absolute Gasteiger partial charge is 0.524 e. The minimum absolute atomic E-state index is 0.153. The summed E-state index contributed by atoms with van der Waals surface area (Å²) in [5.41, 5.74) is 1.68. The average molecular weight is 382 g/mol. The maximum Gasteiger partial charge on any atom is 0.524 e. The number of rotatable bonds is 7. The van der Waals surface area contributed by atoms with Crippen LogP contribution in [0.4, 0.5) is 0 Å². The van der Waals surface area contributed by atoms with Gasteiger partial charge < -0.3 is 19.8 Å². The molecule has 2 atom stereocenters. The van der Waals surface area contributed by atoms with E-state index in [2.05, 4.69) is 11.4 Å². The van der Waals surface area contributed by atoms with Gasteiger partial charge in [0.2, 0.25) is 0 Å². The van der Waals surface area contributed by atoms with Crippen molar-refractivity contribution in [3.05, 3.63) is 47.5 Å². The highest BCUT2D eigenvalue weighted by molar-refractivity contribution is 7.46. The Bertz CT molecular complexity index is 815. The minimum Gasteiger partial charge on any atom is -0.504 e. The van der Waals surface area contributed by atoms with Gasteiger partial charge in [0.1, 0.15) is 0 Å². The van der Waals surface area contributed by atoms with E-state index in [0.717, 1.165) is 11.1 Å². The van der Waals surface area contributed by atoms with Crippen LogP contribution in [0.15, 0.2) is 36.4 Å². The minimum atomic E-state index is -4.75. The molecule has 0 aromatic heterocycles. The lowest BCUT2D eigenvalue weighted by molar-refractivity contribution is 0.277. The SMILES string of the molecule is C[C@H](Cc1ccc(O)c(OP(=O)(O)O)c1)[C@@H](C)Cc1ccc(O)c(O)c1. The summed E-state index contributed by atoms with van der Waals surface area (Å²) in [5, 5.41) is 28.6. The predicted molar refractivity (Wildman–Crippen MR) is 96.3 cm³/mol. The molecule has 0 saturated heterocycles. The second-order valence-corrected chi connectivity index (χ2v) is 7.73. The molecule has 0 amide bonds. The van der Waals surface area contributed by atoms with Crippen LogP contribution in [0.5, 0.6) is 23.0 Å². The molecule has 8 heteroatoms. The molecule has 0 aliphatic rings. The molecule has 2 rings (SSSR count). The van der Waals surface area contributed by atoms with Gasteiger partial charge in [0.05, 0.1) is 0 Å². The van der Waals surface area contributed by atoms with Crippen LogP contribution in [-0.4, -0.2) is 25.1 Å². The molecule has 0 heterocycles. The Hall–Kier alpha value is -2.21. The van der Waals surface area contributed by atoms with Gasteiger partial charge in [-0.05, 0) is 60.1 Å². The quantitative estimate of drug-likeness (QED) is 0.367. The number of benzene rings is 2. The Kier molecular flexibility index (Phi) is 6.18. The van der Waals surface area contributed by atoms with E-state index in [1.54, 1.807) is 12.1 Å². The van der Waals surface area contributed by atoms with Gasteiger partial charge in [-0.2, -0.15) is 0 Å². The van der Waals surface area contributed by atoms with Crippen molar-refractivity contribution in [1.82, 2.24) is 0 Å². The first-order valence-corrected chi connectivity index (χ1v) is 9.66. The van der Waals surface area contributed by atoms with Crippen LogP contribution in [0, 0.1) is 11.8 Å². The summed E-state index contributed by atoms with van der Waals surface area (Å²) in [6.45, 7) is 4.10. The molecule has 0 bridgehead atoms. The van der Waals surface area contributed by atoms with E-state index in [1.165, 1.54) is 24.3 Å². The van der Waals surface area contributed by atoms with Gasteiger partial charge in [0, 0.05) is 0 Å². The van der Waals surface area contributed by atoms with Gasteiger partial charge in [-0.25, -0.2) is 4.57 Å². The highest BCUT2D eigenvalue weighted by Gasteiger charge is 2.20. The number of phenols is 3. The van der Waals surface area contributed by atoms with Gasteiger partial charge in [0.25, 0.3) is 0 Å². The Morgan fingerprint density at radius 3 is 1.85 bits per heavy atom. The topological polar surface area (TPSA) is 127 Å². The average Bonchev–Trinajstić information content (AvgIpc) is 2.52. The fraction of sp³-hybridized carbons (Fsp3) is 0.333. The highest BCUT2D eigenvalue weighted by Crippen LogP contribution is 2.42. The van der Waals surface area contributed by atoms with Crippen molar-refractivity contribution in [1.29, 1.82) is 0 Å². The molecule has 142 valence electrons. The fourth-order valence-corrected chi connectivity index (χ4v) is 3.13. The lowest BCUT2D eigenvalue weighted by atomic mass is 9.85. The van der Waals surface area contributed by atoms with Crippen LogP contribution in [0.1, 0.15) is 25.0 Å². The van der Waals surface area contributed by atoms with Gasteiger partial charge in [0.15, 0.2) is 23.0 Å². The highest BCUT2D eigenvalue weighted by atomic mass is 31.2. The Morgan fingerprint density at radius 2 is 1.35 bits per heavy atom. The van der Waals surface area contributed by atoms with Crippen molar-refractivity contribution in [2.75, 3.05) is 0 Å². The summed E-state index contributed by atoms with van der Waals surface area (Å²) in [6.07, 6.45) is 1.31. The number of phosphoric ester groups is 1. The zero-order chi connectivity index (χ0) is 19.5. The molecule has 0 unspecified atom stereocenters. The molecule has 0 radical (unpaired) electrons. The lowest BCUT2D eigenvalue weighted by Gasteiger charge is -2.21. The molecule has 0 aliphatic heterocycles. The Labute approximate surface area is 151 Å². The van der Waals surface area contributed by atoms with E-state index in [-0.39, 0.29) is 34.8 Å². The van der Waals surface area contributed by atoms with Crippen molar-refractivity contribution in [3.63, 3.8) is 0 Å². The fourth-order valence-electron chi connectivity index (χ4n) is 2.73. The molecular weight excluding hydrogens is 359 g/mol. The number of hydrogen-bond acceptors (Lipinski definition) is 5. The zero-order valence-corrected chi connectivity index (χ0v) is 15.4. The van der Waals surface area contributed by atoms with Crippen molar-refractivity contribution >= 4 is 7.82 Å². The van der Waals surface area contributed by atoms with Crippen molar-refractivity contribution in [2.24, 2.45) is 11.8 Å². The van der Waals surface area contributed by atoms with E-state index >= 15 is 0 Å². The number of hydrogen-bond donors (Lipinski definition) is 5. The second kappa shape index (κ2) is 7.99. The first kappa shape index (κ1) is 20.1. The van der Waals surface area contributed by atoms with Crippen molar-refractivity contribution < 1.29 is 34.2 Å². The van der Waals surface area contributed by atoms with Crippen molar-refractivity contribution in [3.8, 4) is 23.0 Å². The first-order chi connectivity index (χ1) is 12.0. The molecule has 0 spiro atoms. The van der Waals surface area contributed by atoms with Crippen LogP contribution in [0.25, 0.3) is 0 Å². The summed E-state index contributed by atoms with van der Waals surface area (Å²) < 4.78 is 15.5. The molecule has 5 N–H and O–H groups in total. The first-order valence-electron chi connectivity index (χ1n) is 8.13.